The van der Waals surface area contributed by atoms with E-state index < -0.39 is 19.8 Å². The molecule has 0 unspecified atom stereocenters. The molecule has 0 saturated carbocycles. The lowest BCUT2D eigenvalue weighted by Gasteiger charge is -2.16. The Kier molecular flexibility index (Phi) is 3.73. The average molecular weight is 295 g/mol. The third-order valence-electron chi connectivity index (χ3n) is 3.14. The first-order valence-electron chi connectivity index (χ1n) is 6.32. The molecule has 0 radical (unpaired) electrons. The van der Waals surface area contributed by atoms with E-state index in [9.17, 15) is 13.2 Å². The smallest absolute Gasteiger partial charge is 0.256 e. The monoisotopic (exact) mass is 295 g/mol. The number of hydrogen-bond acceptors (Lipinski definition) is 1. The molecule has 0 N–H and O–H groups in total. The van der Waals surface area contributed by atoms with E-state index in [1.54, 1.807) is 0 Å². The van der Waals surface area contributed by atoms with Gasteiger partial charge in [-0.05, 0) is 23.4 Å². The molecule has 0 bridgehead atoms. The minimum Gasteiger partial charge on any atom is -0.256 e. The molecule has 0 saturated heterocycles. The standard InChI is InChI=1S/C15H16F3NSi/c1-20(2,3)13-8-9-14(19-10-13)11-4-6-12(7-5-11)15(16,17)18/h4-10H,1-3H3. The molecule has 0 amide bonds. The van der Waals surface area contributed by atoms with Gasteiger partial charge in [-0.25, -0.2) is 0 Å². The number of aromatic nitrogens is 1. The third-order valence-corrected chi connectivity index (χ3v) is 5.17. The van der Waals surface area contributed by atoms with E-state index in [-0.39, 0.29) is 0 Å². The van der Waals surface area contributed by atoms with Crippen LogP contribution in [0, 0.1) is 0 Å². The largest absolute Gasteiger partial charge is 0.416 e. The van der Waals surface area contributed by atoms with Crippen molar-refractivity contribution < 1.29 is 13.2 Å². The molecular weight excluding hydrogens is 279 g/mol. The topological polar surface area (TPSA) is 12.9 Å². The van der Waals surface area contributed by atoms with Crippen LogP contribution in [0.3, 0.4) is 0 Å². The Morgan fingerprint density at radius 1 is 0.900 bits per heavy atom. The van der Waals surface area contributed by atoms with Gasteiger partial charge in [-0.2, -0.15) is 13.2 Å². The lowest BCUT2D eigenvalue weighted by Crippen LogP contribution is -2.37. The molecule has 0 spiro atoms. The van der Waals surface area contributed by atoms with Crippen LogP contribution < -0.4 is 5.19 Å². The highest BCUT2D eigenvalue weighted by atomic mass is 28.3. The molecule has 20 heavy (non-hydrogen) atoms. The number of alkyl halides is 3. The van der Waals surface area contributed by atoms with Crippen LogP contribution in [-0.4, -0.2) is 13.1 Å². The summed E-state index contributed by atoms with van der Waals surface area (Å²) in [5, 5.41) is 1.23. The first-order chi connectivity index (χ1) is 9.18. The quantitative estimate of drug-likeness (QED) is 0.752. The molecular formula is C15H16F3NSi. The van der Waals surface area contributed by atoms with Crippen molar-refractivity contribution in [1.29, 1.82) is 0 Å². The number of rotatable bonds is 2. The van der Waals surface area contributed by atoms with Gasteiger partial charge in [0.25, 0.3) is 0 Å². The molecule has 0 fully saturated rings. The van der Waals surface area contributed by atoms with E-state index in [1.165, 1.54) is 17.3 Å². The van der Waals surface area contributed by atoms with Crippen molar-refractivity contribution in [1.82, 2.24) is 4.98 Å². The van der Waals surface area contributed by atoms with E-state index >= 15 is 0 Å². The second-order valence-corrected chi connectivity index (χ2v) is 10.8. The van der Waals surface area contributed by atoms with E-state index in [4.69, 9.17) is 0 Å². The van der Waals surface area contributed by atoms with Gasteiger partial charge >= 0.3 is 6.18 Å². The predicted octanol–water partition coefficient (Wildman–Crippen LogP) is 4.31. The van der Waals surface area contributed by atoms with Crippen LogP contribution in [0.4, 0.5) is 13.2 Å². The van der Waals surface area contributed by atoms with Crippen molar-refractivity contribution in [2.24, 2.45) is 0 Å². The van der Waals surface area contributed by atoms with Crippen molar-refractivity contribution in [3.8, 4) is 11.3 Å². The molecule has 106 valence electrons. The highest BCUT2D eigenvalue weighted by Gasteiger charge is 2.30. The Balaban J connectivity index is 2.29. The van der Waals surface area contributed by atoms with Gasteiger partial charge in [0.15, 0.2) is 0 Å². The number of halogens is 3. The van der Waals surface area contributed by atoms with Gasteiger partial charge in [-0.3, -0.25) is 4.98 Å². The zero-order valence-electron chi connectivity index (χ0n) is 11.6. The first-order valence-corrected chi connectivity index (χ1v) is 9.82. The lowest BCUT2D eigenvalue weighted by molar-refractivity contribution is -0.137. The Labute approximate surface area is 117 Å². The maximum absolute atomic E-state index is 12.5. The van der Waals surface area contributed by atoms with E-state index in [0.29, 0.717) is 11.3 Å². The van der Waals surface area contributed by atoms with Crippen LogP contribution in [0.25, 0.3) is 11.3 Å². The fourth-order valence-corrected chi connectivity index (χ4v) is 2.87. The van der Waals surface area contributed by atoms with Gasteiger partial charge in [0.1, 0.15) is 0 Å². The summed E-state index contributed by atoms with van der Waals surface area (Å²) in [5.74, 6) is 0. The van der Waals surface area contributed by atoms with Crippen molar-refractivity contribution in [2.45, 2.75) is 25.8 Å². The highest BCUT2D eigenvalue weighted by Crippen LogP contribution is 2.30. The fourth-order valence-electron chi connectivity index (χ4n) is 1.84. The summed E-state index contributed by atoms with van der Waals surface area (Å²) >= 11 is 0. The summed E-state index contributed by atoms with van der Waals surface area (Å²) in [6, 6.07) is 8.98. The molecule has 5 heteroatoms. The fraction of sp³-hybridized carbons (Fsp3) is 0.267. The van der Waals surface area contributed by atoms with Crippen LogP contribution in [-0.2, 0) is 6.18 Å². The molecule has 0 atom stereocenters. The predicted molar refractivity (Wildman–Crippen MR) is 77.7 cm³/mol. The van der Waals surface area contributed by atoms with E-state index in [0.717, 1.165) is 12.1 Å². The highest BCUT2D eigenvalue weighted by molar-refractivity contribution is 6.88. The molecule has 0 aliphatic heterocycles. The van der Waals surface area contributed by atoms with Gasteiger partial charge in [0.2, 0.25) is 0 Å². The van der Waals surface area contributed by atoms with Gasteiger partial charge < -0.3 is 0 Å². The zero-order chi connectivity index (χ0) is 15.0. The van der Waals surface area contributed by atoms with Crippen molar-refractivity contribution >= 4 is 13.3 Å². The number of pyridine rings is 1. The summed E-state index contributed by atoms with van der Waals surface area (Å²) in [6.07, 6.45) is -2.47. The first kappa shape index (κ1) is 14.8. The van der Waals surface area contributed by atoms with Crippen LogP contribution in [0.5, 0.6) is 0 Å². The summed E-state index contributed by atoms with van der Waals surface area (Å²) in [7, 11) is -1.40. The maximum Gasteiger partial charge on any atom is 0.416 e. The lowest BCUT2D eigenvalue weighted by atomic mass is 10.1. The Morgan fingerprint density at radius 3 is 1.90 bits per heavy atom. The minimum atomic E-state index is -4.30. The molecule has 2 rings (SSSR count). The van der Waals surface area contributed by atoms with Crippen molar-refractivity contribution in [3.05, 3.63) is 48.2 Å². The minimum absolute atomic E-state index is 0.639. The normalized spacial score (nSPS) is 12.5. The second-order valence-electron chi connectivity index (χ2n) is 5.76. The summed E-state index contributed by atoms with van der Waals surface area (Å²) in [6.45, 7) is 6.67. The van der Waals surface area contributed by atoms with Crippen molar-refractivity contribution in [2.75, 3.05) is 0 Å². The molecule has 1 heterocycles. The molecule has 0 aliphatic carbocycles. The van der Waals surface area contributed by atoms with Crippen LogP contribution >= 0.6 is 0 Å². The van der Waals surface area contributed by atoms with Crippen LogP contribution in [0.1, 0.15) is 5.56 Å². The number of nitrogens with zero attached hydrogens (tertiary/aromatic N) is 1. The third kappa shape index (κ3) is 3.28. The van der Waals surface area contributed by atoms with Crippen LogP contribution in [0.15, 0.2) is 42.6 Å². The second kappa shape index (κ2) is 5.05. The SMILES string of the molecule is C[Si](C)(C)c1ccc(-c2ccc(C(F)(F)F)cc2)nc1. The van der Waals surface area contributed by atoms with Gasteiger partial charge in [-0.15, -0.1) is 0 Å². The summed E-state index contributed by atoms with van der Waals surface area (Å²) in [5.41, 5.74) is 0.751. The van der Waals surface area contributed by atoms with Gasteiger partial charge in [-0.1, -0.05) is 37.8 Å². The molecule has 1 aromatic carbocycles. The van der Waals surface area contributed by atoms with Crippen molar-refractivity contribution in [3.63, 3.8) is 0 Å². The van der Waals surface area contributed by atoms with E-state index in [2.05, 4.69) is 24.6 Å². The Hall–Kier alpha value is -1.62. The average Bonchev–Trinajstić information content (AvgIpc) is 2.37. The van der Waals surface area contributed by atoms with E-state index in [1.807, 2.05) is 18.3 Å². The summed E-state index contributed by atoms with van der Waals surface area (Å²) in [4.78, 5) is 4.36. The number of benzene rings is 1. The zero-order valence-corrected chi connectivity index (χ0v) is 12.6. The van der Waals surface area contributed by atoms with Gasteiger partial charge in [0.05, 0.1) is 19.3 Å². The molecule has 1 aromatic heterocycles. The molecule has 0 aliphatic rings. The Bertz CT molecular complexity index is 525. The van der Waals surface area contributed by atoms with Gasteiger partial charge in [0, 0.05) is 11.8 Å². The van der Waals surface area contributed by atoms with Crippen LogP contribution in [0.2, 0.25) is 19.6 Å². The molecule has 1 nitrogen and oxygen atoms in total. The summed E-state index contributed by atoms with van der Waals surface area (Å²) < 4.78 is 37.5. The Morgan fingerprint density at radius 2 is 1.50 bits per heavy atom. The molecule has 2 aromatic rings. The number of hydrogen-bond donors (Lipinski definition) is 0. The maximum atomic E-state index is 12.5.